The van der Waals surface area contributed by atoms with Gasteiger partial charge in [0.25, 0.3) is 5.91 Å². The Bertz CT molecular complexity index is 584. The number of halogens is 1. The van der Waals surface area contributed by atoms with Gasteiger partial charge in [-0.15, -0.1) is 0 Å². The van der Waals surface area contributed by atoms with Crippen LogP contribution in [-0.4, -0.2) is 13.0 Å². The second-order valence-corrected chi connectivity index (χ2v) is 5.01. The molecule has 0 spiro atoms. The van der Waals surface area contributed by atoms with Crippen molar-refractivity contribution in [1.29, 1.82) is 0 Å². The monoisotopic (exact) mass is 319 g/mol. The molecular formula is C15H14BrNO2. The number of hydrogen-bond acceptors (Lipinski definition) is 2. The van der Waals surface area contributed by atoms with Crippen molar-refractivity contribution in [1.82, 2.24) is 0 Å². The van der Waals surface area contributed by atoms with Crippen molar-refractivity contribution in [2.24, 2.45) is 0 Å². The minimum atomic E-state index is -0.129. The Balaban J connectivity index is 2.12. The molecule has 0 unspecified atom stereocenters. The number of rotatable bonds is 4. The quantitative estimate of drug-likeness (QED) is 0.929. The zero-order valence-electron chi connectivity index (χ0n) is 10.5. The number of carbonyl (C=O) groups excluding carboxylic acids is 1. The molecule has 0 bridgehead atoms. The molecule has 0 aromatic heterocycles. The zero-order valence-corrected chi connectivity index (χ0v) is 12.1. The van der Waals surface area contributed by atoms with Crippen molar-refractivity contribution >= 4 is 27.5 Å². The summed E-state index contributed by atoms with van der Waals surface area (Å²) in [4.78, 5) is 12.1. The van der Waals surface area contributed by atoms with Crippen LogP contribution in [0.5, 0.6) is 0 Å². The third-order valence-corrected chi connectivity index (χ3v) is 3.08. The van der Waals surface area contributed by atoms with E-state index in [1.54, 1.807) is 19.2 Å². The van der Waals surface area contributed by atoms with Crippen LogP contribution in [0.2, 0.25) is 0 Å². The lowest BCUT2D eigenvalue weighted by Crippen LogP contribution is -2.11. The van der Waals surface area contributed by atoms with Crippen molar-refractivity contribution in [3.05, 3.63) is 64.1 Å². The number of ether oxygens (including phenoxy) is 1. The minimum Gasteiger partial charge on any atom is -0.380 e. The van der Waals surface area contributed by atoms with E-state index in [2.05, 4.69) is 21.2 Å². The average Bonchev–Trinajstić information content (AvgIpc) is 2.39. The number of hydrogen-bond donors (Lipinski definition) is 1. The molecule has 0 aliphatic rings. The van der Waals surface area contributed by atoms with Crippen molar-refractivity contribution in [2.75, 3.05) is 12.4 Å². The van der Waals surface area contributed by atoms with Crippen LogP contribution in [-0.2, 0) is 11.3 Å². The van der Waals surface area contributed by atoms with Gasteiger partial charge in [-0.1, -0.05) is 34.1 Å². The van der Waals surface area contributed by atoms with Crippen molar-refractivity contribution < 1.29 is 9.53 Å². The topological polar surface area (TPSA) is 38.3 Å². The van der Waals surface area contributed by atoms with Gasteiger partial charge in [-0.25, -0.2) is 0 Å². The lowest BCUT2D eigenvalue weighted by Gasteiger charge is -2.07. The van der Waals surface area contributed by atoms with Gasteiger partial charge >= 0.3 is 0 Å². The fraction of sp³-hybridized carbons (Fsp3) is 0.133. The van der Waals surface area contributed by atoms with E-state index in [9.17, 15) is 4.79 Å². The molecule has 3 nitrogen and oxygen atoms in total. The molecule has 0 atom stereocenters. The standard InChI is InChI=1S/C15H14BrNO2/c1-19-10-11-4-2-7-14(8-11)17-15(18)12-5-3-6-13(16)9-12/h2-9H,10H2,1H3,(H,17,18). The summed E-state index contributed by atoms with van der Waals surface area (Å²) >= 11 is 3.35. The Kier molecular flexibility index (Phi) is 4.71. The SMILES string of the molecule is COCc1cccc(NC(=O)c2cccc(Br)c2)c1. The molecular weight excluding hydrogens is 306 g/mol. The van der Waals surface area contributed by atoms with Gasteiger partial charge in [0.1, 0.15) is 0 Å². The fourth-order valence-corrected chi connectivity index (χ4v) is 2.14. The summed E-state index contributed by atoms with van der Waals surface area (Å²) in [6.07, 6.45) is 0. The molecule has 98 valence electrons. The molecule has 0 aliphatic heterocycles. The largest absolute Gasteiger partial charge is 0.380 e. The van der Waals surface area contributed by atoms with Crippen LogP contribution in [0.15, 0.2) is 53.0 Å². The number of methoxy groups -OCH3 is 1. The lowest BCUT2D eigenvalue weighted by atomic mass is 10.2. The van der Waals surface area contributed by atoms with Crippen molar-refractivity contribution in [3.8, 4) is 0 Å². The van der Waals surface area contributed by atoms with Gasteiger partial charge in [0.15, 0.2) is 0 Å². The van der Waals surface area contributed by atoms with Crippen LogP contribution >= 0.6 is 15.9 Å². The number of nitrogens with one attached hydrogen (secondary N) is 1. The van der Waals surface area contributed by atoms with E-state index in [0.29, 0.717) is 12.2 Å². The fourth-order valence-electron chi connectivity index (χ4n) is 1.74. The Morgan fingerprint density at radius 1 is 1.21 bits per heavy atom. The smallest absolute Gasteiger partial charge is 0.255 e. The predicted molar refractivity (Wildman–Crippen MR) is 79.3 cm³/mol. The second-order valence-electron chi connectivity index (χ2n) is 4.10. The van der Waals surface area contributed by atoms with Crippen LogP contribution < -0.4 is 5.32 Å². The highest BCUT2D eigenvalue weighted by atomic mass is 79.9. The van der Waals surface area contributed by atoms with Crippen LogP contribution in [0, 0.1) is 0 Å². The highest BCUT2D eigenvalue weighted by molar-refractivity contribution is 9.10. The summed E-state index contributed by atoms with van der Waals surface area (Å²) in [5.41, 5.74) is 2.40. The minimum absolute atomic E-state index is 0.129. The first-order valence-corrected chi connectivity index (χ1v) is 6.63. The van der Waals surface area contributed by atoms with E-state index < -0.39 is 0 Å². The summed E-state index contributed by atoms with van der Waals surface area (Å²) in [6.45, 7) is 0.528. The van der Waals surface area contributed by atoms with Gasteiger partial charge < -0.3 is 10.1 Å². The molecule has 1 N–H and O–H groups in total. The van der Waals surface area contributed by atoms with Crippen LogP contribution in [0.1, 0.15) is 15.9 Å². The Hall–Kier alpha value is -1.65. The van der Waals surface area contributed by atoms with E-state index in [1.807, 2.05) is 36.4 Å². The average molecular weight is 320 g/mol. The molecule has 2 aromatic carbocycles. The Morgan fingerprint density at radius 2 is 2.00 bits per heavy atom. The Morgan fingerprint density at radius 3 is 2.74 bits per heavy atom. The normalized spacial score (nSPS) is 10.2. The van der Waals surface area contributed by atoms with Crippen LogP contribution in [0.25, 0.3) is 0 Å². The van der Waals surface area contributed by atoms with Gasteiger partial charge in [0.2, 0.25) is 0 Å². The summed E-state index contributed by atoms with van der Waals surface area (Å²) in [5.74, 6) is -0.129. The molecule has 2 aromatic rings. The molecule has 4 heteroatoms. The maximum absolute atomic E-state index is 12.1. The maximum atomic E-state index is 12.1. The maximum Gasteiger partial charge on any atom is 0.255 e. The molecule has 0 aliphatic carbocycles. The van der Waals surface area contributed by atoms with Gasteiger partial charge in [0.05, 0.1) is 6.61 Å². The first-order chi connectivity index (χ1) is 9.19. The molecule has 19 heavy (non-hydrogen) atoms. The van der Waals surface area contributed by atoms with E-state index in [4.69, 9.17) is 4.74 Å². The first-order valence-electron chi connectivity index (χ1n) is 5.84. The molecule has 1 amide bonds. The summed E-state index contributed by atoms with van der Waals surface area (Å²) in [6, 6.07) is 14.9. The molecule has 0 saturated carbocycles. The van der Waals surface area contributed by atoms with E-state index >= 15 is 0 Å². The van der Waals surface area contributed by atoms with Gasteiger partial charge in [-0.05, 0) is 35.9 Å². The van der Waals surface area contributed by atoms with Crippen LogP contribution in [0.3, 0.4) is 0 Å². The summed E-state index contributed by atoms with van der Waals surface area (Å²) in [7, 11) is 1.65. The zero-order chi connectivity index (χ0) is 13.7. The lowest BCUT2D eigenvalue weighted by molar-refractivity contribution is 0.102. The highest BCUT2D eigenvalue weighted by Crippen LogP contribution is 2.15. The molecule has 2 rings (SSSR count). The highest BCUT2D eigenvalue weighted by Gasteiger charge is 2.06. The molecule has 0 saturated heterocycles. The second kappa shape index (κ2) is 6.50. The molecule has 0 fully saturated rings. The third kappa shape index (κ3) is 3.91. The molecule has 0 heterocycles. The first kappa shape index (κ1) is 13.8. The number of anilines is 1. The van der Waals surface area contributed by atoms with Crippen molar-refractivity contribution in [2.45, 2.75) is 6.61 Å². The van der Waals surface area contributed by atoms with Gasteiger partial charge in [-0.3, -0.25) is 4.79 Å². The third-order valence-electron chi connectivity index (χ3n) is 2.58. The van der Waals surface area contributed by atoms with Crippen molar-refractivity contribution in [3.63, 3.8) is 0 Å². The van der Waals surface area contributed by atoms with E-state index in [1.165, 1.54) is 0 Å². The number of benzene rings is 2. The number of amides is 1. The van der Waals surface area contributed by atoms with Crippen LogP contribution in [0.4, 0.5) is 5.69 Å². The Labute approximate surface area is 120 Å². The van der Waals surface area contributed by atoms with Gasteiger partial charge in [-0.2, -0.15) is 0 Å². The summed E-state index contributed by atoms with van der Waals surface area (Å²) < 4.78 is 5.95. The molecule has 0 radical (unpaired) electrons. The van der Waals surface area contributed by atoms with E-state index in [0.717, 1.165) is 15.7 Å². The van der Waals surface area contributed by atoms with E-state index in [-0.39, 0.29) is 5.91 Å². The predicted octanol–water partition coefficient (Wildman–Crippen LogP) is 3.85. The van der Waals surface area contributed by atoms with Gasteiger partial charge in [0, 0.05) is 22.8 Å². The summed E-state index contributed by atoms with van der Waals surface area (Å²) in [5, 5.41) is 2.87. The number of carbonyl (C=O) groups is 1.